The van der Waals surface area contributed by atoms with Gasteiger partial charge in [0.15, 0.2) is 0 Å². The molecule has 0 atom stereocenters. The lowest BCUT2D eigenvalue weighted by Gasteiger charge is -2.17. The first-order chi connectivity index (χ1) is 4.38. The third-order valence-electron chi connectivity index (χ3n) is 1.89. The topological polar surface area (TPSA) is 3.24 Å². The van der Waals surface area contributed by atoms with Gasteiger partial charge in [0.2, 0.25) is 0 Å². The van der Waals surface area contributed by atoms with E-state index >= 15 is 0 Å². The predicted octanol–water partition coefficient (Wildman–Crippen LogP) is 1.69. The van der Waals surface area contributed by atoms with Gasteiger partial charge in [0.1, 0.15) is 0 Å². The molecular weight excluding hydrogens is 110 g/mol. The van der Waals surface area contributed by atoms with Crippen molar-refractivity contribution in [2.75, 3.05) is 13.1 Å². The van der Waals surface area contributed by atoms with Crippen LogP contribution in [0.1, 0.15) is 26.7 Å². The van der Waals surface area contributed by atoms with Crippen LogP contribution in [0.5, 0.6) is 0 Å². The first kappa shape index (κ1) is 7.07. The number of rotatable bonds is 4. The molecule has 1 rings (SSSR count). The molecule has 0 N–H and O–H groups in total. The third-order valence-corrected chi connectivity index (χ3v) is 1.89. The molecule has 1 aliphatic rings. The zero-order valence-corrected chi connectivity index (χ0v) is 6.43. The van der Waals surface area contributed by atoms with Crippen molar-refractivity contribution in [1.82, 2.24) is 4.90 Å². The Balaban J connectivity index is 2.12. The Kier molecular flexibility index (Phi) is 2.52. The van der Waals surface area contributed by atoms with Gasteiger partial charge in [-0.3, -0.25) is 0 Å². The van der Waals surface area contributed by atoms with Crippen LogP contribution in [0.15, 0.2) is 0 Å². The van der Waals surface area contributed by atoms with E-state index in [4.69, 9.17) is 0 Å². The summed E-state index contributed by atoms with van der Waals surface area (Å²) >= 11 is 0. The van der Waals surface area contributed by atoms with Crippen LogP contribution in [0, 0.1) is 6.42 Å². The Hall–Kier alpha value is -0.0400. The molecular formula is C8H16N. The van der Waals surface area contributed by atoms with Crippen molar-refractivity contribution in [1.29, 1.82) is 0 Å². The smallest absolute Gasteiger partial charge is 0.00964 e. The second kappa shape index (κ2) is 3.21. The van der Waals surface area contributed by atoms with Crippen molar-refractivity contribution in [3.05, 3.63) is 6.42 Å². The second-order valence-electron chi connectivity index (χ2n) is 2.73. The molecule has 0 bridgehead atoms. The zero-order valence-electron chi connectivity index (χ0n) is 6.43. The SMILES string of the molecule is C[CH]CN(CC)C1CC1. The highest BCUT2D eigenvalue weighted by atomic mass is 15.2. The highest BCUT2D eigenvalue weighted by Crippen LogP contribution is 2.26. The van der Waals surface area contributed by atoms with E-state index in [1.165, 1.54) is 25.9 Å². The van der Waals surface area contributed by atoms with Crippen molar-refractivity contribution in [3.63, 3.8) is 0 Å². The van der Waals surface area contributed by atoms with Crippen LogP contribution in [0.3, 0.4) is 0 Å². The Bertz CT molecular complexity index is 76.6. The lowest BCUT2D eigenvalue weighted by Crippen LogP contribution is -2.26. The normalized spacial score (nSPS) is 19.0. The fourth-order valence-electron chi connectivity index (χ4n) is 1.21. The van der Waals surface area contributed by atoms with E-state index in [-0.39, 0.29) is 0 Å². The Morgan fingerprint density at radius 3 is 2.56 bits per heavy atom. The number of hydrogen-bond acceptors (Lipinski definition) is 1. The largest absolute Gasteiger partial charge is 0.300 e. The highest BCUT2D eigenvalue weighted by Gasteiger charge is 2.26. The first-order valence-corrected chi connectivity index (χ1v) is 3.90. The standard InChI is InChI=1S/C8H16N/c1-3-7-9(4-2)8-5-6-8/h3,8H,4-7H2,1-2H3. The number of nitrogens with zero attached hydrogens (tertiary/aromatic N) is 1. The van der Waals surface area contributed by atoms with Crippen molar-refractivity contribution < 1.29 is 0 Å². The zero-order chi connectivity index (χ0) is 6.69. The minimum absolute atomic E-state index is 0.936. The average molecular weight is 126 g/mol. The summed E-state index contributed by atoms with van der Waals surface area (Å²) in [4.78, 5) is 2.53. The molecule has 0 heterocycles. The molecule has 1 nitrogen and oxygen atoms in total. The number of hydrogen-bond donors (Lipinski definition) is 0. The first-order valence-electron chi connectivity index (χ1n) is 3.90. The summed E-state index contributed by atoms with van der Waals surface area (Å²) in [6, 6.07) is 0.936. The van der Waals surface area contributed by atoms with E-state index < -0.39 is 0 Å². The van der Waals surface area contributed by atoms with E-state index in [1.54, 1.807) is 0 Å². The van der Waals surface area contributed by atoms with Crippen molar-refractivity contribution in [2.45, 2.75) is 32.7 Å². The Morgan fingerprint density at radius 2 is 2.22 bits per heavy atom. The van der Waals surface area contributed by atoms with Gasteiger partial charge in [-0.25, -0.2) is 0 Å². The lowest BCUT2D eigenvalue weighted by atomic mass is 10.4. The minimum Gasteiger partial charge on any atom is -0.300 e. The quantitative estimate of drug-likeness (QED) is 0.554. The van der Waals surface area contributed by atoms with Crippen LogP contribution in [0.4, 0.5) is 0 Å². The second-order valence-corrected chi connectivity index (χ2v) is 2.73. The predicted molar refractivity (Wildman–Crippen MR) is 40.2 cm³/mol. The lowest BCUT2D eigenvalue weighted by molar-refractivity contribution is 0.300. The third kappa shape index (κ3) is 1.98. The molecule has 0 aromatic rings. The fraction of sp³-hybridized carbons (Fsp3) is 0.875. The van der Waals surface area contributed by atoms with E-state index in [0.29, 0.717) is 0 Å². The molecule has 1 saturated carbocycles. The molecule has 0 amide bonds. The van der Waals surface area contributed by atoms with Gasteiger partial charge in [0, 0.05) is 12.6 Å². The summed E-state index contributed by atoms with van der Waals surface area (Å²) in [6.45, 7) is 6.77. The molecule has 53 valence electrons. The molecule has 0 aromatic heterocycles. The maximum Gasteiger partial charge on any atom is 0.00964 e. The molecule has 0 aromatic carbocycles. The summed E-state index contributed by atoms with van der Waals surface area (Å²) < 4.78 is 0. The van der Waals surface area contributed by atoms with E-state index in [0.717, 1.165) is 6.04 Å². The Labute approximate surface area is 58.0 Å². The average Bonchev–Trinajstić information content (AvgIpc) is 2.64. The molecule has 1 heteroatoms. The van der Waals surface area contributed by atoms with Gasteiger partial charge in [-0.1, -0.05) is 13.8 Å². The van der Waals surface area contributed by atoms with Crippen LogP contribution in [-0.2, 0) is 0 Å². The van der Waals surface area contributed by atoms with Gasteiger partial charge >= 0.3 is 0 Å². The van der Waals surface area contributed by atoms with E-state index in [9.17, 15) is 0 Å². The van der Waals surface area contributed by atoms with Gasteiger partial charge in [0.05, 0.1) is 0 Å². The molecule has 0 unspecified atom stereocenters. The van der Waals surface area contributed by atoms with Crippen LogP contribution >= 0.6 is 0 Å². The summed E-state index contributed by atoms with van der Waals surface area (Å²) in [5.41, 5.74) is 0. The van der Waals surface area contributed by atoms with Crippen LogP contribution in [0.25, 0.3) is 0 Å². The maximum absolute atomic E-state index is 2.53. The van der Waals surface area contributed by atoms with Gasteiger partial charge in [-0.05, 0) is 25.8 Å². The summed E-state index contributed by atoms with van der Waals surface area (Å²) in [5, 5.41) is 0. The molecule has 1 radical (unpaired) electrons. The van der Waals surface area contributed by atoms with Crippen molar-refractivity contribution in [2.24, 2.45) is 0 Å². The van der Waals surface area contributed by atoms with Crippen molar-refractivity contribution in [3.8, 4) is 0 Å². The van der Waals surface area contributed by atoms with Gasteiger partial charge < -0.3 is 4.90 Å². The monoisotopic (exact) mass is 126 g/mol. The van der Waals surface area contributed by atoms with Gasteiger partial charge in [-0.15, -0.1) is 0 Å². The van der Waals surface area contributed by atoms with Crippen LogP contribution in [0.2, 0.25) is 0 Å². The molecule has 0 saturated heterocycles. The maximum atomic E-state index is 2.53. The van der Waals surface area contributed by atoms with Gasteiger partial charge in [0.25, 0.3) is 0 Å². The minimum atomic E-state index is 0.936. The molecule has 1 fully saturated rings. The summed E-state index contributed by atoms with van der Waals surface area (Å²) in [6.07, 6.45) is 5.10. The molecule has 1 aliphatic carbocycles. The summed E-state index contributed by atoms with van der Waals surface area (Å²) in [5.74, 6) is 0. The van der Waals surface area contributed by atoms with Crippen LogP contribution in [-0.4, -0.2) is 24.0 Å². The van der Waals surface area contributed by atoms with Gasteiger partial charge in [-0.2, -0.15) is 0 Å². The van der Waals surface area contributed by atoms with Crippen molar-refractivity contribution >= 4 is 0 Å². The molecule has 0 aliphatic heterocycles. The van der Waals surface area contributed by atoms with E-state index in [2.05, 4.69) is 25.2 Å². The highest BCUT2D eigenvalue weighted by molar-refractivity contribution is 4.85. The summed E-state index contributed by atoms with van der Waals surface area (Å²) in [7, 11) is 0. The molecule has 9 heavy (non-hydrogen) atoms. The van der Waals surface area contributed by atoms with E-state index in [1.807, 2.05) is 0 Å². The van der Waals surface area contributed by atoms with Crippen LogP contribution < -0.4 is 0 Å². The molecule has 0 spiro atoms. The Morgan fingerprint density at radius 1 is 1.56 bits per heavy atom. The fourth-order valence-corrected chi connectivity index (χ4v) is 1.21.